The molecular weight excluding hydrogens is 474 g/mol. The molecule has 9 nitrogen and oxygen atoms in total. The van der Waals surface area contributed by atoms with Crippen LogP contribution >= 0.6 is 0 Å². The van der Waals surface area contributed by atoms with Crippen molar-refractivity contribution in [3.8, 4) is 11.5 Å². The second-order valence-electron chi connectivity index (χ2n) is 8.60. The number of nitrogens with zero attached hydrogens (tertiary/aromatic N) is 2. The lowest BCUT2D eigenvalue weighted by atomic mass is 9.98. The van der Waals surface area contributed by atoms with Crippen LogP contribution in [0.15, 0.2) is 84.0 Å². The molecule has 0 fully saturated rings. The second kappa shape index (κ2) is 10.5. The van der Waals surface area contributed by atoms with Crippen LogP contribution < -0.4 is 14.8 Å². The third kappa shape index (κ3) is 5.30. The number of para-hydroxylation sites is 2. The molecule has 9 heteroatoms. The van der Waals surface area contributed by atoms with Crippen LogP contribution in [0.5, 0.6) is 11.5 Å². The van der Waals surface area contributed by atoms with E-state index in [4.69, 9.17) is 14.2 Å². The van der Waals surface area contributed by atoms with Crippen molar-refractivity contribution in [1.82, 2.24) is 5.01 Å². The Hall–Kier alpha value is -4.66. The van der Waals surface area contributed by atoms with E-state index in [0.717, 1.165) is 16.8 Å². The number of carbonyl (C=O) groups excluding carboxylic acids is 3. The Kier molecular flexibility index (Phi) is 6.85. The fourth-order valence-electron chi connectivity index (χ4n) is 4.28. The van der Waals surface area contributed by atoms with Crippen molar-refractivity contribution >= 4 is 29.2 Å². The number of amides is 2. The highest BCUT2D eigenvalue weighted by Crippen LogP contribution is 2.34. The van der Waals surface area contributed by atoms with Gasteiger partial charge in [0.05, 0.1) is 31.0 Å². The summed E-state index contributed by atoms with van der Waals surface area (Å²) in [5.74, 6) is -0.467. The van der Waals surface area contributed by atoms with Crippen LogP contribution in [0.2, 0.25) is 0 Å². The lowest BCUT2D eigenvalue weighted by Crippen LogP contribution is -2.39. The number of rotatable bonds is 7. The molecule has 2 atom stereocenters. The predicted octanol–water partition coefficient (Wildman–Crippen LogP) is 3.71. The van der Waals surface area contributed by atoms with Gasteiger partial charge < -0.3 is 19.5 Å². The van der Waals surface area contributed by atoms with E-state index < -0.39 is 30.5 Å². The predicted molar refractivity (Wildman–Crippen MR) is 135 cm³/mol. The van der Waals surface area contributed by atoms with Crippen LogP contribution in [0.4, 0.5) is 5.69 Å². The molecule has 37 heavy (non-hydrogen) atoms. The zero-order valence-electron chi connectivity index (χ0n) is 20.1. The summed E-state index contributed by atoms with van der Waals surface area (Å²) in [6.45, 7) is -0.512. The molecule has 188 valence electrons. The van der Waals surface area contributed by atoms with E-state index in [0.29, 0.717) is 23.6 Å². The van der Waals surface area contributed by atoms with Crippen molar-refractivity contribution in [2.24, 2.45) is 5.10 Å². The first-order chi connectivity index (χ1) is 18.0. The maximum Gasteiger partial charge on any atom is 0.310 e. The van der Waals surface area contributed by atoms with E-state index in [9.17, 15) is 14.4 Å². The van der Waals surface area contributed by atoms with Gasteiger partial charge in [-0.05, 0) is 35.4 Å². The third-order valence-corrected chi connectivity index (χ3v) is 6.19. The number of benzene rings is 3. The molecule has 0 aromatic heterocycles. The molecule has 0 aliphatic carbocycles. The molecular formula is C28H25N3O6. The largest absolute Gasteiger partial charge is 0.497 e. The van der Waals surface area contributed by atoms with E-state index in [1.165, 1.54) is 5.01 Å². The van der Waals surface area contributed by atoms with Gasteiger partial charge in [0.25, 0.3) is 11.8 Å². The molecule has 0 saturated carbocycles. The first-order valence-electron chi connectivity index (χ1n) is 11.8. The number of fused-ring (bicyclic) bond motifs is 1. The summed E-state index contributed by atoms with van der Waals surface area (Å²) >= 11 is 0. The molecule has 1 N–H and O–H groups in total. The molecule has 0 saturated heterocycles. The molecule has 2 aliphatic rings. The Morgan fingerprint density at radius 3 is 2.51 bits per heavy atom. The van der Waals surface area contributed by atoms with Gasteiger partial charge in [-0.1, -0.05) is 54.6 Å². The lowest BCUT2D eigenvalue weighted by Gasteiger charge is -2.25. The van der Waals surface area contributed by atoms with E-state index in [2.05, 4.69) is 10.4 Å². The molecule has 3 aromatic carbocycles. The number of nitrogens with one attached hydrogen (secondary N) is 1. The van der Waals surface area contributed by atoms with Gasteiger partial charge in [0, 0.05) is 6.42 Å². The van der Waals surface area contributed by atoms with Gasteiger partial charge in [-0.3, -0.25) is 14.4 Å². The average Bonchev–Trinajstić information content (AvgIpc) is 3.38. The highest BCUT2D eigenvalue weighted by atomic mass is 16.5. The lowest BCUT2D eigenvalue weighted by molar-refractivity contribution is -0.155. The van der Waals surface area contributed by atoms with Gasteiger partial charge in [-0.15, -0.1) is 0 Å². The number of hydrogen-bond donors (Lipinski definition) is 1. The molecule has 5 rings (SSSR count). The zero-order chi connectivity index (χ0) is 25.8. The minimum atomic E-state index is -1.04. The fraction of sp³-hybridized carbons (Fsp3) is 0.214. The van der Waals surface area contributed by atoms with Crippen molar-refractivity contribution < 1.29 is 28.6 Å². The number of anilines is 1. The Labute approximate surface area is 213 Å². The van der Waals surface area contributed by atoms with Crippen LogP contribution in [-0.4, -0.2) is 48.3 Å². The van der Waals surface area contributed by atoms with Crippen LogP contribution in [0.3, 0.4) is 0 Å². The first-order valence-corrected chi connectivity index (χ1v) is 11.8. The molecule has 0 radical (unpaired) electrons. The van der Waals surface area contributed by atoms with Gasteiger partial charge in [0.15, 0.2) is 12.7 Å². The van der Waals surface area contributed by atoms with Crippen molar-refractivity contribution in [1.29, 1.82) is 0 Å². The standard InChI is InChI=1S/C28H25N3O6/c1-35-20-13-11-19(12-14-20)23-15-22(18-7-3-2-4-8-18)30-31(23)26(32)17-36-27(33)16-25-28(34)29-21-9-5-6-10-24(21)37-25/h2-14,23,25H,15-17H2,1H3,(H,29,34)/t23-,25+/m1/s1. The Morgan fingerprint density at radius 2 is 1.76 bits per heavy atom. The monoisotopic (exact) mass is 499 g/mol. The molecule has 0 unspecified atom stereocenters. The topological polar surface area (TPSA) is 107 Å². The first kappa shape index (κ1) is 24.1. The highest BCUT2D eigenvalue weighted by Gasteiger charge is 2.34. The van der Waals surface area contributed by atoms with Crippen LogP contribution in [0.25, 0.3) is 0 Å². The SMILES string of the molecule is COc1ccc([C@H]2CC(c3ccccc3)=NN2C(=O)COC(=O)C[C@@H]2Oc3ccccc3NC2=O)cc1. The fourth-order valence-corrected chi connectivity index (χ4v) is 4.28. The number of ether oxygens (including phenoxy) is 3. The number of hydrazone groups is 1. The van der Waals surface area contributed by atoms with Crippen LogP contribution in [0, 0.1) is 0 Å². The van der Waals surface area contributed by atoms with Crippen molar-refractivity contribution in [2.75, 3.05) is 19.0 Å². The number of hydrogen-bond acceptors (Lipinski definition) is 7. The average molecular weight is 500 g/mol. The molecule has 2 aliphatic heterocycles. The smallest absolute Gasteiger partial charge is 0.310 e. The maximum atomic E-state index is 13.2. The maximum absolute atomic E-state index is 13.2. The summed E-state index contributed by atoms with van der Waals surface area (Å²) in [6.07, 6.45) is -0.863. The minimum absolute atomic E-state index is 0.326. The highest BCUT2D eigenvalue weighted by molar-refractivity contribution is 6.03. The summed E-state index contributed by atoms with van der Waals surface area (Å²) in [7, 11) is 1.59. The molecule has 2 amide bonds. The number of carbonyl (C=O) groups is 3. The minimum Gasteiger partial charge on any atom is -0.497 e. The molecule has 2 heterocycles. The van der Waals surface area contributed by atoms with Crippen molar-refractivity contribution in [3.05, 3.63) is 90.0 Å². The third-order valence-electron chi connectivity index (χ3n) is 6.19. The van der Waals surface area contributed by atoms with E-state index in [1.54, 1.807) is 31.4 Å². The van der Waals surface area contributed by atoms with Gasteiger partial charge >= 0.3 is 5.97 Å². The normalized spacial score (nSPS) is 18.2. The van der Waals surface area contributed by atoms with Gasteiger partial charge in [0.1, 0.15) is 11.5 Å². The molecule has 0 bridgehead atoms. The van der Waals surface area contributed by atoms with Crippen LogP contribution in [0.1, 0.15) is 30.0 Å². The Bertz CT molecular complexity index is 1340. The van der Waals surface area contributed by atoms with E-state index in [-0.39, 0.29) is 12.5 Å². The summed E-state index contributed by atoms with van der Waals surface area (Å²) in [5, 5.41) is 8.64. The Balaban J connectivity index is 1.26. The van der Waals surface area contributed by atoms with Gasteiger partial charge in [-0.2, -0.15) is 5.10 Å². The molecule has 3 aromatic rings. The van der Waals surface area contributed by atoms with Gasteiger partial charge in [-0.25, -0.2) is 5.01 Å². The zero-order valence-corrected chi connectivity index (χ0v) is 20.1. The summed E-state index contributed by atoms with van der Waals surface area (Å²) in [5.41, 5.74) is 3.08. The number of methoxy groups -OCH3 is 1. The molecule has 0 spiro atoms. The quantitative estimate of drug-likeness (QED) is 0.497. The van der Waals surface area contributed by atoms with E-state index in [1.807, 2.05) is 54.6 Å². The second-order valence-corrected chi connectivity index (χ2v) is 8.60. The van der Waals surface area contributed by atoms with Crippen molar-refractivity contribution in [2.45, 2.75) is 25.0 Å². The summed E-state index contributed by atoms with van der Waals surface area (Å²) < 4.78 is 16.1. The van der Waals surface area contributed by atoms with Gasteiger partial charge in [0.2, 0.25) is 0 Å². The van der Waals surface area contributed by atoms with E-state index >= 15 is 0 Å². The summed E-state index contributed by atoms with van der Waals surface area (Å²) in [4.78, 5) is 38.0. The number of esters is 1. The van der Waals surface area contributed by atoms with Crippen LogP contribution in [-0.2, 0) is 19.1 Å². The van der Waals surface area contributed by atoms with Crippen molar-refractivity contribution in [3.63, 3.8) is 0 Å². The summed E-state index contributed by atoms with van der Waals surface area (Å²) in [6, 6.07) is 23.6. The Morgan fingerprint density at radius 1 is 1.03 bits per heavy atom.